The quantitative estimate of drug-likeness (QED) is 0.650. The number of terminal acetylenes is 1. The Kier molecular flexibility index (Phi) is 3.72. The predicted molar refractivity (Wildman–Crippen MR) is 73.6 cm³/mol. The first-order chi connectivity index (χ1) is 8.81. The third-order valence-electron chi connectivity index (χ3n) is 2.54. The molecule has 0 amide bonds. The number of benzene rings is 2. The number of nitrogens with one attached hydrogen (secondary N) is 1. The lowest BCUT2D eigenvalue weighted by atomic mass is 10.2. The molecule has 2 aromatic carbocycles. The second kappa shape index (κ2) is 5.65. The van der Waals surface area contributed by atoms with E-state index in [2.05, 4.69) is 16.4 Å². The molecule has 0 saturated heterocycles. The van der Waals surface area contributed by atoms with Gasteiger partial charge in [-0.3, -0.25) is 0 Å². The van der Waals surface area contributed by atoms with Crippen molar-refractivity contribution < 1.29 is 0 Å². The first-order valence-corrected chi connectivity index (χ1v) is 5.54. The molecule has 2 rings (SSSR count). The topological polar surface area (TPSA) is 41.5 Å². The van der Waals surface area contributed by atoms with Gasteiger partial charge in [0.2, 0.25) is 0 Å². The van der Waals surface area contributed by atoms with Crippen molar-refractivity contribution in [2.75, 3.05) is 5.32 Å². The predicted octanol–water partition coefficient (Wildman–Crippen LogP) is 3.68. The van der Waals surface area contributed by atoms with Crippen LogP contribution in [0.1, 0.15) is 11.1 Å². The molecule has 3 heteroatoms. The molecule has 0 aromatic heterocycles. The molecule has 88 valence electrons. The van der Waals surface area contributed by atoms with Crippen molar-refractivity contribution >= 4 is 11.4 Å². The molecule has 3 nitrogen and oxygen atoms in total. The number of nitroso groups, excluding NO2 is 1. The highest BCUT2D eigenvalue weighted by Crippen LogP contribution is 2.16. The summed E-state index contributed by atoms with van der Waals surface area (Å²) in [6.45, 7) is 0.622. The Morgan fingerprint density at radius 2 is 2.00 bits per heavy atom. The SMILES string of the molecule is C#Cc1cccc(NCc2cccc(N=O)c2)c1. The maximum absolute atomic E-state index is 10.4. The summed E-state index contributed by atoms with van der Waals surface area (Å²) in [4.78, 5) is 10.4. The van der Waals surface area contributed by atoms with Crippen LogP contribution in [0.4, 0.5) is 11.4 Å². The first-order valence-electron chi connectivity index (χ1n) is 5.54. The number of anilines is 1. The molecular formula is C15H12N2O. The minimum absolute atomic E-state index is 0.437. The van der Waals surface area contributed by atoms with Crippen molar-refractivity contribution in [3.05, 3.63) is 64.6 Å². The van der Waals surface area contributed by atoms with Crippen LogP contribution in [-0.4, -0.2) is 0 Å². The molecule has 1 N–H and O–H groups in total. The Labute approximate surface area is 106 Å². The molecule has 0 aliphatic carbocycles. The average molecular weight is 236 g/mol. The van der Waals surface area contributed by atoms with E-state index in [1.165, 1.54) is 0 Å². The number of hydrogen-bond donors (Lipinski definition) is 1. The van der Waals surface area contributed by atoms with Gasteiger partial charge in [0, 0.05) is 17.8 Å². The van der Waals surface area contributed by atoms with Gasteiger partial charge in [-0.2, -0.15) is 0 Å². The molecule has 0 saturated carbocycles. The summed E-state index contributed by atoms with van der Waals surface area (Å²) in [5.74, 6) is 2.59. The van der Waals surface area contributed by atoms with E-state index in [0.717, 1.165) is 16.8 Å². The van der Waals surface area contributed by atoms with Gasteiger partial charge in [-0.15, -0.1) is 11.3 Å². The average Bonchev–Trinajstić information content (AvgIpc) is 2.45. The van der Waals surface area contributed by atoms with Gasteiger partial charge in [0.05, 0.1) is 0 Å². The van der Waals surface area contributed by atoms with Crippen LogP contribution in [0.2, 0.25) is 0 Å². The highest BCUT2D eigenvalue weighted by Gasteiger charge is 1.97. The highest BCUT2D eigenvalue weighted by atomic mass is 16.3. The van der Waals surface area contributed by atoms with Crippen molar-refractivity contribution in [3.8, 4) is 12.3 Å². The van der Waals surface area contributed by atoms with Crippen LogP contribution < -0.4 is 5.32 Å². The Morgan fingerprint density at radius 3 is 2.78 bits per heavy atom. The fourth-order valence-corrected chi connectivity index (χ4v) is 1.65. The molecule has 0 fully saturated rings. The lowest BCUT2D eigenvalue weighted by molar-refractivity contribution is 1.15. The molecule has 2 aromatic rings. The first kappa shape index (κ1) is 11.9. The van der Waals surface area contributed by atoms with Gasteiger partial charge in [0.25, 0.3) is 0 Å². The largest absolute Gasteiger partial charge is 0.381 e. The lowest BCUT2D eigenvalue weighted by Gasteiger charge is -2.07. The Balaban J connectivity index is 2.06. The van der Waals surface area contributed by atoms with Gasteiger partial charge in [-0.1, -0.05) is 24.1 Å². The van der Waals surface area contributed by atoms with E-state index in [1.54, 1.807) is 12.1 Å². The Bertz CT molecular complexity index is 599. The monoisotopic (exact) mass is 236 g/mol. The van der Waals surface area contributed by atoms with Crippen molar-refractivity contribution in [1.29, 1.82) is 0 Å². The highest BCUT2D eigenvalue weighted by molar-refractivity contribution is 5.50. The summed E-state index contributed by atoms with van der Waals surface area (Å²) in [5.41, 5.74) is 3.23. The van der Waals surface area contributed by atoms with Crippen LogP contribution in [0.5, 0.6) is 0 Å². The maximum atomic E-state index is 10.4. The zero-order chi connectivity index (χ0) is 12.8. The van der Waals surface area contributed by atoms with Crippen LogP contribution in [-0.2, 0) is 6.54 Å². The fraction of sp³-hybridized carbons (Fsp3) is 0.0667. The van der Waals surface area contributed by atoms with Gasteiger partial charge in [0.1, 0.15) is 5.69 Å². The zero-order valence-electron chi connectivity index (χ0n) is 9.76. The number of rotatable bonds is 4. The van der Waals surface area contributed by atoms with Crippen LogP contribution >= 0.6 is 0 Å². The van der Waals surface area contributed by atoms with E-state index >= 15 is 0 Å². The molecule has 0 spiro atoms. The second-order valence-corrected chi connectivity index (χ2v) is 3.84. The Morgan fingerprint density at radius 1 is 1.17 bits per heavy atom. The standard InChI is InChI=1S/C15H12N2O/c1-2-12-5-3-7-14(9-12)16-11-13-6-4-8-15(10-13)17-18/h1,3-10,16H,11H2. The van der Waals surface area contributed by atoms with E-state index in [4.69, 9.17) is 6.42 Å². The minimum atomic E-state index is 0.437. The molecule has 0 heterocycles. The van der Waals surface area contributed by atoms with E-state index in [9.17, 15) is 4.91 Å². The molecule has 0 radical (unpaired) electrons. The summed E-state index contributed by atoms with van der Waals surface area (Å²) in [7, 11) is 0. The zero-order valence-corrected chi connectivity index (χ0v) is 9.76. The number of hydrogen-bond acceptors (Lipinski definition) is 3. The van der Waals surface area contributed by atoms with Crippen LogP contribution in [0.3, 0.4) is 0 Å². The smallest absolute Gasteiger partial charge is 0.108 e. The van der Waals surface area contributed by atoms with E-state index in [0.29, 0.717) is 12.2 Å². The second-order valence-electron chi connectivity index (χ2n) is 3.84. The van der Waals surface area contributed by atoms with Crippen molar-refractivity contribution in [2.24, 2.45) is 5.18 Å². The lowest BCUT2D eigenvalue weighted by Crippen LogP contribution is -1.99. The normalized spacial score (nSPS) is 9.50. The van der Waals surface area contributed by atoms with Crippen molar-refractivity contribution in [3.63, 3.8) is 0 Å². The Hall–Kier alpha value is -2.60. The van der Waals surface area contributed by atoms with E-state index < -0.39 is 0 Å². The summed E-state index contributed by atoms with van der Waals surface area (Å²) in [6, 6.07) is 14.8. The molecule has 0 aliphatic rings. The fourth-order valence-electron chi connectivity index (χ4n) is 1.65. The van der Waals surface area contributed by atoms with Gasteiger partial charge in [-0.25, -0.2) is 0 Å². The third kappa shape index (κ3) is 2.96. The van der Waals surface area contributed by atoms with Gasteiger partial charge in [-0.05, 0) is 41.1 Å². The van der Waals surface area contributed by atoms with Crippen molar-refractivity contribution in [1.82, 2.24) is 0 Å². The summed E-state index contributed by atoms with van der Waals surface area (Å²) >= 11 is 0. The molecule has 0 atom stereocenters. The summed E-state index contributed by atoms with van der Waals surface area (Å²) in [5, 5.41) is 6.16. The van der Waals surface area contributed by atoms with E-state index in [-0.39, 0.29) is 0 Å². The molecule has 0 unspecified atom stereocenters. The maximum Gasteiger partial charge on any atom is 0.108 e. The third-order valence-corrected chi connectivity index (χ3v) is 2.54. The molecule has 18 heavy (non-hydrogen) atoms. The van der Waals surface area contributed by atoms with Crippen molar-refractivity contribution in [2.45, 2.75) is 6.54 Å². The molecular weight excluding hydrogens is 224 g/mol. The van der Waals surface area contributed by atoms with Crippen LogP contribution in [0.15, 0.2) is 53.7 Å². The molecule has 0 aliphatic heterocycles. The van der Waals surface area contributed by atoms with Crippen LogP contribution in [0.25, 0.3) is 0 Å². The summed E-state index contributed by atoms with van der Waals surface area (Å²) < 4.78 is 0. The minimum Gasteiger partial charge on any atom is -0.381 e. The van der Waals surface area contributed by atoms with Gasteiger partial charge in [0.15, 0.2) is 0 Å². The molecule has 0 bridgehead atoms. The van der Waals surface area contributed by atoms with Gasteiger partial charge >= 0.3 is 0 Å². The van der Waals surface area contributed by atoms with Gasteiger partial charge < -0.3 is 5.32 Å². The van der Waals surface area contributed by atoms with Crippen LogP contribution in [0, 0.1) is 17.3 Å². The van der Waals surface area contributed by atoms with E-state index in [1.807, 2.05) is 36.4 Å². The summed E-state index contributed by atoms with van der Waals surface area (Å²) in [6.07, 6.45) is 5.34. The number of nitrogens with zero attached hydrogens (tertiary/aromatic N) is 1.